The summed E-state index contributed by atoms with van der Waals surface area (Å²) >= 11 is 0. The maximum absolute atomic E-state index is 12.2. The van der Waals surface area contributed by atoms with Crippen molar-refractivity contribution in [3.05, 3.63) is 35.0 Å². The standard InChI is InChI=1S/C17H22F3N3/c1-3-23-10-12(4-5-21-11-17(18,19)20)15-6-13-8-22(2)9-14(13)7-16(15)23/h6-7,10,21H,3-5,8-9,11H2,1-2H3. The summed E-state index contributed by atoms with van der Waals surface area (Å²) in [6.07, 6.45) is -1.46. The van der Waals surface area contributed by atoms with Gasteiger partial charge in [0.2, 0.25) is 0 Å². The number of aromatic nitrogens is 1. The van der Waals surface area contributed by atoms with E-state index in [-0.39, 0.29) is 0 Å². The van der Waals surface area contributed by atoms with Gasteiger partial charge in [0.15, 0.2) is 0 Å². The summed E-state index contributed by atoms with van der Waals surface area (Å²) in [4.78, 5) is 2.27. The summed E-state index contributed by atoms with van der Waals surface area (Å²) in [5, 5.41) is 3.66. The third-order valence-corrected chi connectivity index (χ3v) is 4.40. The molecule has 0 saturated heterocycles. The van der Waals surface area contributed by atoms with Crippen LogP contribution in [0.2, 0.25) is 0 Å². The summed E-state index contributed by atoms with van der Waals surface area (Å²) in [5.74, 6) is 0. The monoisotopic (exact) mass is 325 g/mol. The van der Waals surface area contributed by atoms with Crippen molar-refractivity contribution in [3.8, 4) is 0 Å². The first-order valence-corrected chi connectivity index (χ1v) is 7.97. The van der Waals surface area contributed by atoms with Crippen molar-refractivity contribution in [2.24, 2.45) is 0 Å². The predicted molar refractivity (Wildman–Crippen MR) is 85.4 cm³/mol. The van der Waals surface area contributed by atoms with E-state index in [0.29, 0.717) is 13.0 Å². The SMILES string of the molecule is CCn1cc(CCNCC(F)(F)F)c2cc3c(cc21)CN(C)C3. The van der Waals surface area contributed by atoms with E-state index in [2.05, 4.69) is 47.1 Å². The number of halogens is 3. The van der Waals surface area contributed by atoms with Gasteiger partial charge in [0.1, 0.15) is 0 Å². The van der Waals surface area contributed by atoms with Crippen LogP contribution in [-0.2, 0) is 26.1 Å². The quantitative estimate of drug-likeness (QED) is 0.851. The van der Waals surface area contributed by atoms with Gasteiger partial charge in [-0.25, -0.2) is 0 Å². The third kappa shape index (κ3) is 3.53. The summed E-state index contributed by atoms with van der Waals surface area (Å²) in [6.45, 7) is 4.25. The first-order chi connectivity index (χ1) is 10.9. The van der Waals surface area contributed by atoms with Crippen LogP contribution in [0.1, 0.15) is 23.6 Å². The zero-order valence-corrected chi connectivity index (χ0v) is 13.5. The highest BCUT2D eigenvalue weighted by Crippen LogP contribution is 2.30. The molecule has 1 aliphatic heterocycles. The molecule has 2 aromatic rings. The van der Waals surface area contributed by atoms with Crippen molar-refractivity contribution in [2.75, 3.05) is 20.1 Å². The Bertz CT molecular complexity index is 703. The molecule has 6 heteroatoms. The molecule has 23 heavy (non-hydrogen) atoms. The Balaban J connectivity index is 1.82. The van der Waals surface area contributed by atoms with E-state index < -0.39 is 12.7 Å². The number of fused-ring (bicyclic) bond motifs is 2. The number of hydrogen-bond donors (Lipinski definition) is 1. The summed E-state index contributed by atoms with van der Waals surface area (Å²) in [7, 11) is 2.10. The van der Waals surface area contributed by atoms with Crippen LogP contribution in [0.4, 0.5) is 13.2 Å². The van der Waals surface area contributed by atoms with Gasteiger partial charge >= 0.3 is 6.18 Å². The lowest BCUT2D eigenvalue weighted by Gasteiger charge is -2.07. The van der Waals surface area contributed by atoms with Crippen molar-refractivity contribution in [1.29, 1.82) is 0 Å². The van der Waals surface area contributed by atoms with Gasteiger partial charge in [0.25, 0.3) is 0 Å². The van der Waals surface area contributed by atoms with Crippen LogP contribution in [0.3, 0.4) is 0 Å². The maximum atomic E-state index is 12.2. The Labute approximate surface area is 134 Å². The smallest absolute Gasteiger partial charge is 0.347 e. The number of alkyl halides is 3. The van der Waals surface area contributed by atoms with E-state index in [9.17, 15) is 13.2 Å². The maximum Gasteiger partial charge on any atom is 0.401 e. The van der Waals surface area contributed by atoms with Crippen LogP contribution in [0.25, 0.3) is 10.9 Å². The first kappa shape index (κ1) is 16.3. The fourth-order valence-corrected chi connectivity index (χ4v) is 3.34. The van der Waals surface area contributed by atoms with Gasteiger partial charge in [-0.05, 0) is 55.8 Å². The molecule has 0 unspecified atom stereocenters. The fourth-order valence-electron chi connectivity index (χ4n) is 3.34. The molecule has 2 heterocycles. The molecule has 0 aliphatic carbocycles. The number of hydrogen-bond acceptors (Lipinski definition) is 2. The number of rotatable bonds is 5. The molecule has 126 valence electrons. The molecule has 0 saturated carbocycles. The fraction of sp³-hybridized carbons (Fsp3) is 0.529. The van der Waals surface area contributed by atoms with Crippen LogP contribution in [0, 0.1) is 0 Å². The molecule has 0 radical (unpaired) electrons. The highest BCUT2D eigenvalue weighted by molar-refractivity contribution is 5.86. The van der Waals surface area contributed by atoms with Gasteiger partial charge in [-0.15, -0.1) is 0 Å². The van der Waals surface area contributed by atoms with E-state index in [4.69, 9.17) is 0 Å². The van der Waals surface area contributed by atoms with Crippen LogP contribution < -0.4 is 5.32 Å². The molecule has 3 nitrogen and oxygen atoms in total. The van der Waals surface area contributed by atoms with Crippen molar-refractivity contribution < 1.29 is 13.2 Å². The minimum Gasteiger partial charge on any atom is -0.347 e. The van der Waals surface area contributed by atoms with E-state index in [1.807, 2.05) is 0 Å². The molecule has 0 atom stereocenters. The third-order valence-electron chi connectivity index (χ3n) is 4.40. The summed E-state index contributed by atoms with van der Waals surface area (Å²) in [5.41, 5.74) is 4.99. The number of benzene rings is 1. The number of nitrogens with zero attached hydrogens (tertiary/aromatic N) is 2. The first-order valence-electron chi connectivity index (χ1n) is 7.97. The van der Waals surface area contributed by atoms with Crippen LogP contribution in [-0.4, -0.2) is 35.8 Å². The van der Waals surface area contributed by atoms with Gasteiger partial charge in [0, 0.05) is 36.7 Å². The van der Waals surface area contributed by atoms with E-state index in [1.165, 1.54) is 22.0 Å². The molecular formula is C17H22F3N3. The number of nitrogens with one attached hydrogen (secondary N) is 1. The molecule has 1 aromatic heterocycles. The topological polar surface area (TPSA) is 20.2 Å². The minimum atomic E-state index is -4.15. The minimum absolute atomic E-state index is 0.333. The van der Waals surface area contributed by atoms with Crippen molar-refractivity contribution in [2.45, 2.75) is 39.2 Å². The Hall–Kier alpha value is -1.53. The van der Waals surface area contributed by atoms with Gasteiger partial charge in [-0.2, -0.15) is 13.2 Å². The molecular weight excluding hydrogens is 303 g/mol. The van der Waals surface area contributed by atoms with Gasteiger partial charge in [-0.3, -0.25) is 4.90 Å². The highest BCUT2D eigenvalue weighted by atomic mass is 19.4. The molecule has 1 N–H and O–H groups in total. The normalized spacial score (nSPS) is 15.5. The molecule has 1 aliphatic rings. The van der Waals surface area contributed by atoms with Crippen LogP contribution in [0.5, 0.6) is 0 Å². The van der Waals surface area contributed by atoms with Crippen molar-refractivity contribution in [1.82, 2.24) is 14.8 Å². The van der Waals surface area contributed by atoms with Crippen molar-refractivity contribution >= 4 is 10.9 Å². The van der Waals surface area contributed by atoms with E-state index in [0.717, 1.165) is 25.2 Å². The lowest BCUT2D eigenvalue weighted by molar-refractivity contribution is -0.124. The summed E-state index contributed by atoms with van der Waals surface area (Å²) in [6, 6.07) is 4.46. The van der Waals surface area contributed by atoms with Gasteiger partial charge in [-0.1, -0.05) is 0 Å². The Morgan fingerprint density at radius 3 is 2.52 bits per heavy atom. The summed E-state index contributed by atoms with van der Waals surface area (Å²) < 4.78 is 38.8. The zero-order valence-electron chi connectivity index (χ0n) is 13.5. The molecule has 1 aromatic carbocycles. The lowest BCUT2D eigenvalue weighted by atomic mass is 10.0. The van der Waals surface area contributed by atoms with E-state index in [1.54, 1.807) is 0 Å². The number of aryl methyl sites for hydroxylation is 1. The average molecular weight is 325 g/mol. The van der Waals surface area contributed by atoms with Crippen LogP contribution >= 0.6 is 0 Å². The second-order valence-corrected chi connectivity index (χ2v) is 6.29. The largest absolute Gasteiger partial charge is 0.401 e. The van der Waals surface area contributed by atoms with Crippen molar-refractivity contribution in [3.63, 3.8) is 0 Å². The molecule has 0 bridgehead atoms. The highest BCUT2D eigenvalue weighted by Gasteiger charge is 2.26. The van der Waals surface area contributed by atoms with Gasteiger partial charge in [0.05, 0.1) is 6.54 Å². The second kappa shape index (κ2) is 6.17. The molecule has 0 amide bonds. The second-order valence-electron chi connectivity index (χ2n) is 6.29. The molecule has 0 fully saturated rings. The van der Waals surface area contributed by atoms with Crippen LogP contribution in [0.15, 0.2) is 18.3 Å². The Morgan fingerprint density at radius 1 is 1.17 bits per heavy atom. The predicted octanol–water partition coefficient (Wildman–Crippen LogP) is 3.30. The zero-order chi connectivity index (χ0) is 16.6. The Morgan fingerprint density at radius 2 is 1.87 bits per heavy atom. The molecule has 0 spiro atoms. The Kier molecular flexibility index (Phi) is 4.38. The van der Waals surface area contributed by atoms with E-state index >= 15 is 0 Å². The lowest BCUT2D eigenvalue weighted by Crippen LogP contribution is -2.30. The molecule has 3 rings (SSSR count). The average Bonchev–Trinajstić information content (AvgIpc) is 2.99. The van der Waals surface area contributed by atoms with Gasteiger partial charge < -0.3 is 9.88 Å².